The minimum Gasteiger partial charge on any atom is -0.389 e. The molecule has 0 aromatic carbocycles. The van der Waals surface area contributed by atoms with E-state index in [1.54, 1.807) is 25.3 Å². The van der Waals surface area contributed by atoms with Crippen LogP contribution in [0.5, 0.6) is 0 Å². The maximum absolute atomic E-state index is 11.4. The molecule has 2 heterocycles. The highest BCUT2D eigenvalue weighted by molar-refractivity contribution is 7.99. The Morgan fingerprint density at radius 3 is 3.06 bits per heavy atom. The number of H-pyrrole nitrogens is 1. The van der Waals surface area contributed by atoms with Gasteiger partial charge >= 0.3 is 5.69 Å². The number of hydrogen-bond acceptors (Lipinski definition) is 5. The van der Waals surface area contributed by atoms with Gasteiger partial charge in [-0.25, -0.2) is 14.9 Å². The molecule has 0 bridgehead atoms. The number of nitrogens with one attached hydrogen (secondary N) is 1. The molecule has 0 saturated heterocycles. The lowest BCUT2D eigenvalue weighted by molar-refractivity contribution is 0.199. The highest BCUT2D eigenvalue weighted by Gasteiger charge is 2.10. The number of aromatic amines is 1. The van der Waals surface area contributed by atoms with Crippen molar-refractivity contribution in [1.82, 2.24) is 19.7 Å². The zero-order valence-corrected chi connectivity index (χ0v) is 10.9. The monoisotopic (exact) mass is 266 g/mol. The standard InChI is InChI=1S/C11H14N4O2S/c1-3-15-10(17)13-14-11(15)18-9-6-8(7(2)16)4-5-12-9/h4-7,16H,3H2,1-2H3,(H,13,17)/t7-/m0/s1. The third-order valence-corrected chi connectivity index (χ3v) is 3.40. The summed E-state index contributed by atoms with van der Waals surface area (Å²) in [5, 5.41) is 17.1. The molecule has 0 amide bonds. The molecular weight excluding hydrogens is 252 g/mol. The molecule has 0 spiro atoms. The van der Waals surface area contributed by atoms with Crippen molar-refractivity contribution in [1.29, 1.82) is 0 Å². The van der Waals surface area contributed by atoms with Crippen molar-refractivity contribution in [2.75, 3.05) is 0 Å². The SMILES string of the molecule is CCn1c(Sc2cc([C@H](C)O)ccn2)n[nH]c1=O. The van der Waals surface area contributed by atoms with Crippen molar-refractivity contribution >= 4 is 11.8 Å². The Labute approximate surface area is 108 Å². The van der Waals surface area contributed by atoms with E-state index in [2.05, 4.69) is 15.2 Å². The number of aliphatic hydroxyl groups excluding tert-OH is 1. The van der Waals surface area contributed by atoms with Gasteiger partial charge in [0, 0.05) is 12.7 Å². The average molecular weight is 266 g/mol. The van der Waals surface area contributed by atoms with Gasteiger partial charge in [-0.05, 0) is 43.3 Å². The summed E-state index contributed by atoms with van der Waals surface area (Å²) in [6, 6.07) is 3.54. The van der Waals surface area contributed by atoms with Crippen LogP contribution in [0.1, 0.15) is 25.5 Å². The second-order valence-corrected chi connectivity index (χ2v) is 4.75. The summed E-state index contributed by atoms with van der Waals surface area (Å²) in [6.07, 6.45) is 1.09. The van der Waals surface area contributed by atoms with E-state index in [0.29, 0.717) is 16.7 Å². The third kappa shape index (κ3) is 2.62. The molecule has 18 heavy (non-hydrogen) atoms. The number of nitrogens with zero attached hydrogens (tertiary/aromatic N) is 3. The molecule has 0 radical (unpaired) electrons. The molecule has 0 unspecified atom stereocenters. The Morgan fingerprint density at radius 2 is 2.39 bits per heavy atom. The molecule has 1 atom stereocenters. The maximum Gasteiger partial charge on any atom is 0.343 e. The van der Waals surface area contributed by atoms with Crippen molar-refractivity contribution in [3.63, 3.8) is 0 Å². The van der Waals surface area contributed by atoms with Gasteiger partial charge in [0.25, 0.3) is 0 Å². The van der Waals surface area contributed by atoms with Crippen LogP contribution in [-0.2, 0) is 6.54 Å². The van der Waals surface area contributed by atoms with Gasteiger partial charge in [0.15, 0.2) is 5.16 Å². The zero-order valence-electron chi connectivity index (χ0n) is 10.1. The summed E-state index contributed by atoms with van der Waals surface area (Å²) in [7, 11) is 0. The minimum atomic E-state index is -0.542. The molecule has 0 fully saturated rings. The molecule has 7 heteroatoms. The van der Waals surface area contributed by atoms with Crippen molar-refractivity contribution in [2.24, 2.45) is 0 Å². The molecule has 2 N–H and O–H groups in total. The topological polar surface area (TPSA) is 83.8 Å². The van der Waals surface area contributed by atoms with E-state index in [4.69, 9.17) is 0 Å². The molecular formula is C11H14N4O2S. The normalized spacial score (nSPS) is 12.6. The molecule has 2 aromatic rings. The van der Waals surface area contributed by atoms with E-state index >= 15 is 0 Å². The van der Waals surface area contributed by atoms with Gasteiger partial charge in [-0.2, -0.15) is 0 Å². The quantitative estimate of drug-likeness (QED) is 0.868. The molecule has 6 nitrogen and oxygen atoms in total. The third-order valence-electron chi connectivity index (χ3n) is 2.48. The number of hydrogen-bond donors (Lipinski definition) is 2. The first-order chi connectivity index (χ1) is 8.61. The number of pyridine rings is 1. The molecule has 0 saturated carbocycles. The van der Waals surface area contributed by atoms with Gasteiger partial charge in [-0.1, -0.05) is 0 Å². The zero-order chi connectivity index (χ0) is 13.1. The predicted octanol–water partition coefficient (Wildman–Crippen LogP) is 1.19. The number of rotatable bonds is 4. The number of aromatic nitrogens is 4. The molecule has 96 valence electrons. The summed E-state index contributed by atoms with van der Waals surface area (Å²) < 4.78 is 1.53. The first-order valence-corrected chi connectivity index (χ1v) is 6.40. The maximum atomic E-state index is 11.4. The van der Waals surface area contributed by atoms with Crippen LogP contribution in [-0.4, -0.2) is 24.9 Å². The van der Waals surface area contributed by atoms with Crippen LogP contribution in [0.4, 0.5) is 0 Å². The fourth-order valence-electron chi connectivity index (χ4n) is 1.49. The van der Waals surface area contributed by atoms with E-state index < -0.39 is 6.10 Å². The van der Waals surface area contributed by atoms with Crippen molar-refractivity contribution in [3.05, 3.63) is 34.4 Å². The van der Waals surface area contributed by atoms with E-state index in [9.17, 15) is 9.90 Å². The predicted molar refractivity (Wildman–Crippen MR) is 67.5 cm³/mol. The fraction of sp³-hybridized carbons (Fsp3) is 0.364. The van der Waals surface area contributed by atoms with Gasteiger partial charge in [-0.3, -0.25) is 4.57 Å². The van der Waals surface area contributed by atoms with Crippen LogP contribution in [0.25, 0.3) is 0 Å². The van der Waals surface area contributed by atoms with Crippen molar-refractivity contribution in [2.45, 2.75) is 36.7 Å². The van der Waals surface area contributed by atoms with E-state index in [1.807, 2.05) is 6.92 Å². The summed E-state index contributed by atoms with van der Waals surface area (Å²) in [5.41, 5.74) is 0.556. The van der Waals surface area contributed by atoms with Gasteiger partial charge in [0.1, 0.15) is 5.03 Å². The lowest BCUT2D eigenvalue weighted by Gasteiger charge is -2.06. The van der Waals surface area contributed by atoms with Gasteiger partial charge < -0.3 is 5.11 Å². The largest absolute Gasteiger partial charge is 0.389 e. The Hall–Kier alpha value is -1.60. The van der Waals surface area contributed by atoms with E-state index in [1.165, 1.54) is 16.3 Å². The van der Waals surface area contributed by atoms with Crippen LogP contribution in [0.3, 0.4) is 0 Å². The van der Waals surface area contributed by atoms with Crippen LogP contribution >= 0.6 is 11.8 Å². The first-order valence-electron chi connectivity index (χ1n) is 5.59. The van der Waals surface area contributed by atoms with E-state index in [-0.39, 0.29) is 5.69 Å². The summed E-state index contributed by atoms with van der Waals surface area (Å²) in [6.45, 7) is 4.12. The second-order valence-electron chi connectivity index (χ2n) is 3.76. The average Bonchev–Trinajstić information content (AvgIpc) is 2.70. The summed E-state index contributed by atoms with van der Waals surface area (Å²) in [5.74, 6) is 0. The van der Waals surface area contributed by atoms with Crippen LogP contribution in [0.15, 0.2) is 33.3 Å². The molecule has 0 aliphatic rings. The summed E-state index contributed by atoms with van der Waals surface area (Å²) >= 11 is 1.29. The van der Waals surface area contributed by atoms with Gasteiger partial charge in [-0.15, -0.1) is 5.10 Å². The van der Waals surface area contributed by atoms with Gasteiger partial charge in [0.05, 0.1) is 6.10 Å². The highest BCUT2D eigenvalue weighted by Crippen LogP contribution is 2.25. The Balaban J connectivity index is 2.28. The lowest BCUT2D eigenvalue weighted by atomic mass is 10.2. The van der Waals surface area contributed by atoms with Crippen LogP contribution in [0.2, 0.25) is 0 Å². The number of aliphatic hydroxyl groups is 1. The fourth-order valence-corrected chi connectivity index (χ4v) is 2.40. The lowest BCUT2D eigenvalue weighted by Crippen LogP contribution is -2.16. The molecule has 0 aliphatic heterocycles. The Morgan fingerprint density at radius 1 is 1.61 bits per heavy atom. The Bertz CT molecular complexity index is 591. The molecule has 2 rings (SSSR count). The smallest absolute Gasteiger partial charge is 0.343 e. The van der Waals surface area contributed by atoms with Gasteiger partial charge in [0.2, 0.25) is 0 Å². The van der Waals surface area contributed by atoms with Crippen LogP contribution in [0, 0.1) is 0 Å². The first kappa shape index (κ1) is 12.8. The summed E-state index contributed by atoms with van der Waals surface area (Å²) in [4.78, 5) is 15.6. The molecule has 0 aliphatic carbocycles. The minimum absolute atomic E-state index is 0.230. The van der Waals surface area contributed by atoms with Crippen molar-refractivity contribution in [3.8, 4) is 0 Å². The van der Waals surface area contributed by atoms with Crippen LogP contribution < -0.4 is 5.69 Å². The van der Waals surface area contributed by atoms with Crippen molar-refractivity contribution < 1.29 is 5.11 Å². The Kier molecular flexibility index (Phi) is 3.83. The second kappa shape index (κ2) is 5.36. The van der Waals surface area contributed by atoms with E-state index in [0.717, 1.165) is 5.56 Å². The molecule has 2 aromatic heterocycles. The highest BCUT2D eigenvalue weighted by atomic mass is 32.2.